The molecule has 38 heavy (non-hydrogen) atoms. The van der Waals surface area contributed by atoms with Crippen LogP contribution in [0.1, 0.15) is 49.9 Å². The number of ether oxygens (including phenoxy) is 1. The fourth-order valence-corrected chi connectivity index (χ4v) is 4.91. The first kappa shape index (κ1) is 26.1. The number of hydrogen-bond acceptors (Lipinski definition) is 5. The number of nitrogens with zero attached hydrogens (tertiary/aromatic N) is 3. The first-order valence-electron chi connectivity index (χ1n) is 12.2. The van der Waals surface area contributed by atoms with Gasteiger partial charge in [-0.3, -0.25) is 4.79 Å². The molecule has 0 bridgehead atoms. The van der Waals surface area contributed by atoms with Crippen LogP contribution in [0.15, 0.2) is 60.7 Å². The summed E-state index contributed by atoms with van der Waals surface area (Å²) in [5.41, 5.74) is 2.73. The van der Waals surface area contributed by atoms with Crippen molar-refractivity contribution in [2.45, 2.75) is 57.3 Å². The van der Waals surface area contributed by atoms with Crippen molar-refractivity contribution in [1.82, 2.24) is 15.0 Å². The summed E-state index contributed by atoms with van der Waals surface area (Å²) in [5, 5.41) is 21.5. The molecule has 0 radical (unpaired) electrons. The lowest BCUT2D eigenvalue weighted by Crippen LogP contribution is -2.37. The van der Waals surface area contributed by atoms with Gasteiger partial charge >= 0.3 is 0 Å². The van der Waals surface area contributed by atoms with Crippen LogP contribution < -0.4 is 10.1 Å². The molecule has 2 heterocycles. The van der Waals surface area contributed by atoms with Gasteiger partial charge in [0.15, 0.2) is 0 Å². The van der Waals surface area contributed by atoms with Crippen molar-refractivity contribution in [2.75, 3.05) is 5.32 Å². The van der Waals surface area contributed by atoms with Crippen LogP contribution in [-0.4, -0.2) is 37.7 Å². The number of benzene rings is 3. The third-order valence-electron chi connectivity index (χ3n) is 6.68. The highest BCUT2D eigenvalue weighted by Gasteiger charge is 2.37. The van der Waals surface area contributed by atoms with E-state index in [1.165, 1.54) is 24.3 Å². The van der Waals surface area contributed by atoms with Crippen LogP contribution in [0.25, 0.3) is 11.0 Å². The summed E-state index contributed by atoms with van der Waals surface area (Å²) < 4.78 is 36.0. The monoisotopic (exact) mass is 540 g/mol. The summed E-state index contributed by atoms with van der Waals surface area (Å²) in [6, 6.07) is 16.1. The molecule has 1 amide bonds. The number of anilines is 1. The molecule has 1 aromatic heterocycles. The molecule has 3 aromatic carbocycles. The van der Waals surface area contributed by atoms with E-state index in [4.69, 9.17) is 16.3 Å². The first-order valence-corrected chi connectivity index (χ1v) is 12.6. The minimum atomic E-state index is -3.36. The van der Waals surface area contributed by atoms with Crippen LogP contribution in [-0.2, 0) is 17.1 Å². The molecule has 0 spiro atoms. The van der Waals surface area contributed by atoms with E-state index >= 15 is 0 Å². The van der Waals surface area contributed by atoms with Crippen LogP contribution in [0.4, 0.5) is 14.5 Å². The quantitative estimate of drug-likeness (QED) is 0.318. The number of fused-ring (bicyclic) bond motifs is 2. The van der Waals surface area contributed by atoms with E-state index in [1.807, 2.05) is 36.7 Å². The Morgan fingerprint density at radius 3 is 2.66 bits per heavy atom. The summed E-state index contributed by atoms with van der Waals surface area (Å²) in [4.78, 5) is 12.6. The van der Waals surface area contributed by atoms with Gasteiger partial charge in [-0.1, -0.05) is 41.1 Å². The Morgan fingerprint density at radius 2 is 1.95 bits per heavy atom. The van der Waals surface area contributed by atoms with Gasteiger partial charge in [0.25, 0.3) is 5.92 Å². The molecule has 0 saturated carbocycles. The van der Waals surface area contributed by atoms with E-state index < -0.39 is 17.6 Å². The molecule has 0 aliphatic carbocycles. The molecule has 2 atom stereocenters. The van der Waals surface area contributed by atoms with Gasteiger partial charge in [-0.2, -0.15) is 8.78 Å². The summed E-state index contributed by atoms with van der Waals surface area (Å²) in [7, 11) is 0. The van der Waals surface area contributed by atoms with Crippen molar-refractivity contribution < 1.29 is 23.4 Å². The van der Waals surface area contributed by atoms with Crippen molar-refractivity contribution in [3.05, 3.63) is 82.4 Å². The average molecular weight is 541 g/mol. The van der Waals surface area contributed by atoms with Gasteiger partial charge in [-0.05, 0) is 62.7 Å². The molecule has 5 rings (SSSR count). The summed E-state index contributed by atoms with van der Waals surface area (Å²) in [5.74, 6) is -2.91. The van der Waals surface area contributed by atoms with E-state index in [2.05, 4.69) is 15.6 Å². The van der Waals surface area contributed by atoms with E-state index in [0.29, 0.717) is 28.2 Å². The van der Waals surface area contributed by atoms with Crippen molar-refractivity contribution >= 4 is 34.2 Å². The van der Waals surface area contributed by atoms with Gasteiger partial charge in [0, 0.05) is 28.3 Å². The molecular formula is C28H27ClF2N4O3. The highest BCUT2D eigenvalue weighted by molar-refractivity contribution is 6.30. The number of aliphatic hydroxyl groups is 1. The lowest BCUT2D eigenvalue weighted by molar-refractivity contribution is -0.115. The fourth-order valence-electron chi connectivity index (χ4n) is 4.73. The van der Waals surface area contributed by atoms with Crippen LogP contribution in [0, 0.1) is 0 Å². The Labute approximate surface area is 223 Å². The van der Waals surface area contributed by atoms with Gasteiger partial charge in [-0.25, -0.2) is 4.68 Å². The molecular weight excluding hydrogens is 514 g/mol. The number of carbonyl (C=O) groups excluding carboxylic acids is 1. The number of rotatable bonds is 6. The van der Waals surface area contributed by atoms with Gasteiger partial charge in [0.2, 0.25) is 5.91 Å². The zero-order valence-corrected chi connectivity index (χ0v) is 21.8. The minimum absolute atomic E-state index is 0.0000419. The third kappa shape index (κ3) is 5.08. The van der Waals surface area contributed by atoms with E-state index in [1.54, 1.807) is 18.2 Å². The zero-order chi connectivity index (χ0) is 27.2. The maximum atomic E-state index is 14.0. The topological polar surface area (TPSA) is 89.3 Å². The van der Waals surface area contributed by atoms with Crippen LogP contribution in [0.5, 0.6) is 5.75 Å². The number of nitrogens with one attached hydrogen (secondary N) is 1. The van der Waals surface area contributed by atoms with E-state index in [-0.39, 0.29) is 23.9 Å². The highest BCUT2D eigenvalue weighted by atomic mass is 35.5. The van der Waals surface area contributed by atoms with Crippen molar-refractivity contribution in [1.29, 1.82) is 0 Å². The third-order valence-corrected chi connectivity index (χ3v) is 6.92. The van der Waals surface area contributed by atoms with Crippen LogP contribution in [0.3, 0.4) is 0 Å². The molecule has 4 aromatic rings. The van der Waals surface area contributed by atoms with Crippen molar-refractivity contribution in [3.8, 4) is 5.75 Å². The average Bonchev–Trinajstić information content (AvgIpc) is 3.27. The molecule has 198 valence electrons. The SMILES string of the molecule is C[C@H](O)C(F)(F)c1ccc(CC(=O)Nc2ccc3c(c2)nnn3C2CC(C)(C)Oc3ccc(Cl)cc32)cc1. The van der Waals surface area contributed by atoms with Gasteiger partial charge in [0.05, 0.1) is 18.0 Å². The van der Waals surface area contributed by atoms with Crippen LogP contribution in [0.2, 0.25) is 5.02 Å². The highest BCUT2D eigenvalue weighted by Crippen LogP contribution is 2.43. The summed E-state index contributed by atoms with van der Waals surface area (Å²) in [6.07, 6.45) is -1.14. The second kappa shape index (κ2) is 9.63. The second-order valence-electron chi connectivity index (χ2n) is 10.2. The van der Waals surface area contributed by atoms with Gasteiger partial charge in [-0.15, -0.1) is 5.10 Å². The van der Waals surface area contributed by atoms with Gasteiger partial charge in [0.1, 0.15) is 23.0 Å². The van der Waals surface area contributed by atoms with Gasteiger partial charge < -0.3 is 15.2 Å². The molecule has 0 fully saturated rings. The number of amides is 1. The standard InChI is InChI=1S/C28H27ClF2N4O3/c1-16(36)28(30,31)18-6-4-17(5-7-18)12-26(37)32-20-9-10-23-22(14-20)33-34-35(23)24-15-27(2,3)38-25-11-8-19(29)13-21(24)25/h4-11,13-14,16,24,36H,12,15H2,1-3H3,(H,32,37)/t16-,24?/m0/s1. The molecule has 2 N–H and O–H groups in total. The first-order chi connectivity index (χ1) is 17.9. The Kier molecular flexibility index (Phi) is 6.61. The van der Waals surface area contributed by atoms with E-state index in [9.17, 15) is 18.7 Å². The zero-order valence-electron chi connectivity index (χ0n) is 21.1. The number of carbonyl (C=O) groups is 1. The molecule has 1 aliphatic rings. The summed E-state index contributed by atoms with van der Waals surface area (Å²) >= 11 is 6.28. The fraction of sp³-hybridized carbons (Fsp3) is 0.321. The number of aliphatic hydroxyl groups excluding tert-OH is 1. The molecule has 10 heteroatoms. The number of halogens is 3. The molecule has 0 saturated heterocycles. The Bertz CT molecular complexity index is 1500. The van der Waals surface area contributed by atoms with Crippen molar-refractivity contribution in [3.63, 3.8) is 0 Å². The molecule has 7 nitrogen and oxygen atoms in total. The summed E-state index contributed by atoms with van der Waals surface area (Å²) in [6.45, 7) is 5.09. The Balaban J connectivity index is 1.33. The van der Waals surface area contributed by atoms with Crippen LogP contribution >= 0.6 is 11.6 Å². The Morgan fingerprint density at radius 1 is 1.21 bits per heavy atom. The minimum Gasteiger partial charge on any atom is -0.487 e. The number of hydrogen-bond donors (Lipinski definition) is 2. The molecule has 1 unspecified atom stereocenters. The molecule has 1 aliphatic heterocycles. The largest absolute Gasteiger partial charge is 0.487 e. The maximum Gasteiger partial charge on any atom is 0.298 e. The van der Waals surface area contributed by atoms with E-state index in [0.717, 1.165) is 23.8 Å². The lowest BCUT2D eigenvalue weighted by Gasteiger charge is -2.37. The van der Waals surface area contributed by atoms with Crippen molar-refractivity contribution in [2.24, 2.45) is 0 Å². The second-order valence-corrected chi connectivity index (χ2v) is 10.7. The smallest absolute Gasteiger partial charge is 0.298 e. The Hall–Kier alpha value is -3.56. The number of alkyl halides is 2. The predicted octanol–water partition coefficient (Wildman–Crippen LogP) is 5.89. The normalized spacial score (nSPS) is 17.5. The predicted molar refractivity (Wildman–Crippen MR) is 141 cm³/mol. The lowest BCUT2D eigenvalue weighted by atomic mass is 9.89. The maximum absolute atomic E-state index is 14.0. The number of aromatic nitrogens is 3.